The highest BCUT2D eigenvalue weighted by Crippen LogP contribution is 2.24. The van der Waals surface area contributed by atoms with Crippen molar-refractivity contribution in [2.75, 3.05) is 20.1 Å². The van der Waals surface area contributed by atoms with Gasteiger partial charge in [0.2, 0.25) is 0 Å². The molecule has 1 unspecified atom stereocenters. The lowest BCUT2D eigenvalue weighted by Crippen LogP contribution is -2.40. The fraction of sp³-hybridized carbons (Fsp3) is 0.545. The zero-order valence-corrected chi connectivity index (χ0v) is 10.8. The molecule has 88 valence electrons. The molecule has 0 aromatic carbocycles. The molecule has 4 nitrogen and oxygen atoms in total. The van der Waals surface area contributed by atoms with Gasteiger partial charge < -0.3 is 14.6 Å². The summed E-state index contributed by atoms with van der Waals surface area (Å²) in [5.74, 6) is 0.0541. The molecule has 1 N–H and O–H groups in total. The van der Waals surface area contributed by atoms with Crippen molar-refractivity contribution in [3.8, 4) is 0 Å². The van der Waals surface area contributed by atoms with Gasteiger partial charge in [0.15, 0.2) is 4.67 Å². The Labute approximate surface area is 103 Å². The predicted molar refractivity (Wildman–Crippen MR) is 64.4 cm³/mol. The number of halogens is 1. The van der Waals surface area contributed by atoms with Gasteiger partial charge >= 0.3 is 0 Å². The molecule has 2 rings (SSSR count). The molecule has 0 bridgehead atoms. The molecule has 1 atom stereocenters. The lowest BCUT2D eigenvalue weighted by molar-refractivity contribution is 0.0735. The number of likely N-dealkylation sites (tertiary alicyclic amines) is 1. The number of carbonyl (C=O) groups excluding carboxylic acids is 1. The smallest absolute Gasteiger partial charge is 0.258 e. The van der Waals surface area contributed by atoms with Crippen molar-refractivity contribution in [1.29, 1.82) is 0 Å². The van der Waals surface area contributed by atoms with Crippen molar-refractivity contribution in [3.05, 3.63) is 22.6 Å². The van der Waals surface area contributed by atoms with Crippen molar-refractivity contribution in [3.63, 3.8) is 0 Å². The van der Waals surface area contributed by atoms with E-state index in [1.807, 2.05) is 11.9 Å². The van der Waals surface area contributed by atoms with Crippen LogP contribution in [0.4, 0.5) is 0 Å². The van der Waals surface area contributed by atoms with E-state index in [0.29, 0.717) is 16.3 Å². The number of hydrogen-bond donors (Lipinski definition) is 1. The summed E-state index contributed by atoms with van der Waals surface area (Å²) in [7, 11) is 1.91. The van der Waals surface area contributed by atoms with E-state index in [0.717, 1.165) is 25.9 Å². The third kappa shape index (κ3) is 2.15. The summed E-state index contributed by atoms with van der Waals surface area (Å²) in [6.45, 7) is 1.68. The number of rotatable bonds is 3. The Kier molecular flexibility index (Phi) is 3.66. The first-order valence-electron chi connectivity index (χ1n) is 5.42. The summed E-state index contributed by atoms with van der Waals surface area (Å²) in [6, 6.07) is 2.01. The Bertz CT molecular complexity index is 378. The fourth-order valence-corrected chi connectivity index (χ4v) is 2.56. The van der Waals surface area contributed by atoms with Gasteiger partial charge in [-0.05, 0) is 41.9 Å². The van der Waals surface area contributed by atoms with E-state index < -0.39 is 0 Å². The molecule has 1 saturated heterocycles. The zero-order valence-electron chi connectivity index (χ0n) is 9.20. The molecule has 0 radical (unpaired) electrons. The topological polar surface area (TPSA) is 45.5 Å². The van der Waals surface area contributed by atoms with Gasteiger partial charge in [-0.3, -0.25) is 4.79 Å². The van der Waals surface area contributed by atoms with Crippen molar-refractivity contribution < 1.29 is 9.21 Å². The maximum absolute atomic E-state index is 12.2. The van der Waals surface area contributed by atoms with Crippen LogP contribution in [0.15, 0.2) is 21.4 Å². The van der Waals surface area contributed by atoms with Gasteiger partial charge in [-0.15, -0.1) is 0 Å². The number of nitrogens with zero attached hydrogens (tertiary/aromatic N) is 1. The first kappa shape index (κ1) is 11.7. The number of carbonyl (C=O) groups is 1. The molecular formula is C11H15BrN2O2. The molecule has 0 saturated carbocycles. The van der Waals surface area contributed by atoms with Crippen LogP contribution in [0.3, 0.4) is 0 Å². The first-order valence-corrected chi connectivity index (χ1v) is 6.22. The number of hydrogen-bond acceptors (Lipinski definition) is 3. The monoisotopic (exact) mass is 286 g/mol. The SMILES string of the molecule is CNCC1CCCN1C(=O)c1ccoc1Br. The second-order valence-electron chi connectivity index (χ2n) is 3.96. The van der Waals surface area contributed by atoms with Crippen LogP contribution in [0.2, 0.25) is 0 Å². The van der Waals surface area contributed by atoms with Crippen LogP contribution in [0, 0.1) is 0 Å². The lowest BCUT2D eigenvalue weighted by Gasteiger charge is -2.24. The number of nitrogens with one attached hydrogen (secondary N) is 1. The van der Waals surface area contributed by atoms with Crippen LogP contribution in [-0.2, 0) is 0 Å². The minimum Gasteiger partial charge on any atom is -0.457 e. The average molecular weight is 287 g/mol. The summed E-state index contributed by atoms with van der Waals surface area (Å²) in [5, 5.41) is 3.13. The van der Waals surface area contributed by atoms with Gasteiger partial charge in [-0.2, -0.15) is 0 Å². The minimum absolute atomic E-state index is 0.0541. The molecule has 1 fully saturated rings. The second-order valence-corrected chi connectivity index (χ2v) is 4.68. The van der Waals surface area contributed by atoms with Crippen LogP contribution >= 0.6 is 15.9 Å². The zero-order chi connectivity index (χ0) is 11.5. The van der Waals surface area contributed by atoms with E-state index >= 15 is 0 Å². The lowest BCUT2D eigenvalue weighted by atomic mass is 10.2. The normalized spacial score (nSPS) is 20.4. The maximum atomic E-state index is 12.2. The van der Waals surface area contributed by atoms with Crippen molar-refractivity contribution >= 4 is 21.8 Å². The number of furan rings is 1. The van der Waals surface area contributed by atoms with Crippen LogP contribution in [0.5, 0.6) is 0 Å². The van der Waals surface area contributed by atoms with E-state index in [1.54, 1.807) is 6.07 Å². The maximum Gasteiger partial charge on any atom is 0.258 e. The summed E-state index contributed by atoms with van der Waals surface area (Å²) >= 11 is 3.24. The molecule has 1 aliphatic rings. The van der Waals surface area contributed by atoms with E-state index in [9.17, 15) is 4.79 Å². The molecule has 1 aromatic heterocycles. The van der Waals surface area contributed by atoms with Gasteiger partial charge in [0.1, 0.15) is 0 Å². The van der Waals surface area contributed by atoms with Crippen LogP contribution in [-0.4, -0.2) is 37.0 Å². The van der Waals surface area contributed by atoms with E-state index in [1.165, 1.54) is 6.26 Å². The Morgan fingerprint density at radius 1 is 1.75 bits per heavy atom. The number of likely N-dealkylation sites (N-methyl/N-ethyl adjacent to an activating group) is 1. The molecular weight excluding hydrogens is 272 g/mol. The fourth-order valence-electron chi connectivity index (χ4n) is 2.15. The second kappa shape index (κ2) is 5.01. The third-order valence-electron chi connectivity index (χ3n) is 2.93. The summed E-state index contributed by atoms with van der Waals surface area (Å²) in [4.78, 5) is 14.1. The van der Waals surface area contributed by atoms with Gasteiger partial charge in [0.25, 0.3) is 5.91 Å². The molecule has 1 aromatic rings. The van der Waals surface area contributed by atoms with Crippen molar-refractivity contribution in [2.24, 2.45) is 0 Å². The third-order valence-corrected chi connectivity index (χ3v) is 3.54. The highest BCUT2D eigenvalue weighted by molar-refractivity contribution is 9.10. The van der Waals surface area contributed by atoms with Crippen molar-refractivity contribution in [1.82, 2.24) is 10.2 Å². The Morgan fingerprint density at radius 3 is 3.19 bits per heavy atom. The first-order chi connectivity index (χ1) is 7.74. The highest BCUT2D eigenvalue weighted by Gasteiger charge is 2.30. The average Bonchev–Trinajstić information content (AvgIpc) is 2.87. The van der Waals surface area contributed by atoms with Gasteiger partial charge in [-0.1, -0.05) is 0 Å². The van der Waals surface area contributed by atoms with Crippen LogP contribution in [0.1, 0.15) is 23.2 Å². The molecule has 5 heteroatoms. The summed E-state index contributed by atoms with van der Waals surface area (Å²) < 4.78 is 5.61. The molecule has 1 amide bonds. The largest absolute Gasteiger partial charge is 0.457 e. The van der Waals surface area contributed by atoms with E-state index in [2.05, 4.69) is 21.2 Å². The van der Waals surface area contributed by atoms with Crippen LogP contribution < -0.4 is 5.32 Å². The van der Waals surface area contributed by atoms with E-state index in [-0.39, 0.29) is 5.91 Å². The number of amides is 1. The Balaban J connectivity index is 2.12. The highest BCUT2D eigenvalue weighted by atomic mass is 79.9. The summed E-state index contributed by atoms with van der Waals surface area (Å²) in [5.41, 5.74) is 0.614. The van der Waals surface area contributed by atoms with Gasteiger partial charge in [0, 0.05) is 19.1 Å². The van der Waals surface area contributed by atoms with Crippen LogP contribution in [0.25, 0.3) is 0 Å². The molecule has 2 heterocycles. The van der Waals surface area contributed by atoms with Gasteiger partial charge in [0.05, 0.1) is 11.8 Å². The molecule has 0 aliphatic carbocycles. The van der Waals surface area contributed by atoms with E-state index in [4.69, 9.17) is 4.42 Å². The van der Waals surface area contributed by atoms with Crippen molar-refractivity contribution in [2.45, 2.75) is 18.9 Å². The standard InChI is InChI=1S/C11H15BrN2O2/c1-13-7-8-3-2-5-14(8)11(15)9-4-6-16-10(9)12/h4,6,8,13H,2-3,5,7H2,1H3. The molecule has 16 heavy (non-hydrogen) atoms. The minimum atomic E-state index is 0.0541. The predicted octanol–water partition coefficient (Wildman–Crippen LogP) is 1.87. The van der Waals surface area contributed by atoms with Gasteiger partial charge in [-0.25, -0.2) is 0 Å². The Hall–Kier alpha value is -0.810. The quantitative estimate of drug-likeness (QED) is 0.923. The molecule has 1 aliphatic heterocycles. The molecule has 0 spiro atoms. The Morgan fingerprint density at radius 2 is 2.56 bits per heavy atom. The summed E-state index contributed by atoms with van der Waals surface area (Å²) in [6.07, 6.45) is 3.68.